The van der Waals surface area contributed by atoms with E-state index in [0.29, 0.717) is 37.9 Å². The van der Waals surface area contributed by atoms with Crippen molar-refractivity contribution in [1.29, 1.82) is 0 Å². The topological polar surface area (TPSA) is 83.6 Å². The van der Waals surface area contributed by atoms with Crippen molar-refractivity contribution in [2.24, 2.45) is 0 Å². The van der Waals surface area contributed by atoms with E-state index >= 15 is 0 Å². The number of amides is 2. The number of nitrogens with zero attached hydrogens (tertiary/aromatic N) is 1. The molecule has 2 fully saturated rings. The van der Waals surface area contributed by atoms with Gasteiger partial charge in [0.2, 0.25) is 0 Å². The van der Waals surface area contributed by atoms with Crippen LogP contribution in [-0.2, 0) is 16.3 Å². The SMILES string of the molecule is O=C1CCc2cc(NC(=O)N3CCC4CCC(C3)S4(=O)=O)ccc21. The van der Waals surface area contributed by atoms with Crippen LogP contribution in [-0.4, -0.2) is 48.7 Å². The molecule has 3 aliphatic rings. The molecule has 6 nitrogen and oxygen atoms in total. The maximum absolute atomic E-state index is 12.5. The summed E-state index contributed by atoms with van der Waals surface area (Å²) in [6.07, 6.45) is 3.13. The van der Waals surface area contributed by atoms with Crippen molar-refractivity contribution in [3.8, 4) is 0 Å². The Morgan fingerprint density at radius 1 is 1.12 bits per heavy atom. The van der Waals surface area contributed by atoms with E-state index in [9.17, 15) is 18.0 Å². The standard InChI is InChI=1S/C17H20N2O4S/c20-16-6-1-11-9-12(2-5-15(11)16)18-17(21)19-8-7-13-3-4-14(10-19)24(13,22)23/h2,5,9,13-14H,1,3-4,6-8,10H2,(H,18,21). The lowest BCUT2D eigenvalue weighted by Gasteiger charge is -2.24. The largest absolute Gasteiger partial charge is 0.323 e. The molecule has 0 saturated carbocycles. The van der Waals surface area contributed by atoms with Crippen LogP contribution < -0.4 is 5.32 Å². The van der Waals surface area contributed by atoms with Gasteiger partial charge in [0.05, 0.1) is 10.5 Å². The monoisotopic (exact) mass is 348 g/mol. The maximum Gasteiger partial charge on any atom is 0.321 e. The summed E-state index contributed by atoms with van der Waals surface area (Å²) in [6, 6.07) is 5.08. The molecule has 4 rings (SSSR count). The Morgan fingerprint density at radius 3 is 2.75 bits per heavy atom. The van der Waals surface area contributed by atoms with Crippen molar-refractivity contribution in [2.75, 3.05) is 18.4 Å². The third-order valence-corrected chi connectivity index (χ3v) is 8.17. The number of benzene rings is 1. The maximum atomic E-state index is 12.5. The fourth-order valence-corrected chi connectivity index (χ4v) is 6.33. The first-order chi connectivity index (χ1) is 11.4. The van der Waals surface area contributed by atoms with Gasteiger partial charge in [0.1, 0.15) is 0 Å². The average Bonchev–Trinajstić information content (AvgIpc) is 2.96. The van der Waals surface area contributed by atoms with Gasteiger partial charge in [-0.1, -0.05) is 0 Å². The molecule has 2 aliphatic heterocycles. The van der Waals surface area contributed by atoms with Crippen LogP contribution in [0.4, 0.5) is 10.5 Å². The molecule has 2 bridgehead atoms. The van der Waals surface area contributed by atoms with E-state index in [4.69, 9.17) is 0 Å². The number of nitrogens with one attached hydrogen (secondary N) is 1. The Labute approximate surface area is 141 Å². The molecule has 0 spiro atoms. The Kier molecular flexibility index (Phi) is 3.63. The highest BCUT2D eigenvalue weighted by molar-refractivity contribution is 7.93. The number of hydrogen-bond acceptors (Lipinski definition) is 4. The van der Waals surface area contributed by atoms with Crippen LogP contribution >= 0.6 is 0 Å². The molecule has 24 heavy (non-hydrogen) atoms. The molecule has 1 aromatic rings. The van der Waals surface area contributed by atoms with Gasteiger partial charge < -0.3 is 10.2 Å². The zero-order chi connectivity index (χ0) is 16.9. The van der Waals surface area contributed by atoms with Gasteiger partial charge in [0, 0.05) is 30.8 Å². The molecule has 2 saturated heterocycles. The number of anilines is 1. The lowest BCUT2D eigenvalue weighted by molar-refractivity contribution is 0.0994. The quantitative estimate of drug-likeness (QED) is 0.841. The van der Waals surface area contributed by atoms with Crippen LogP contribution in [0.5, 0.6) is 0 Å². The molecule has 2 amide bonds. The van der Waals surface area contributed by atoms with Crippen LogP contribution in [0.25, 0.3) is 0 Å². The van der Waals surface area contributed by atoms with Gasteiger partial charge in [0.15, 0.2) is 15.6 Å². The first kappa shape index (κ1) is 15.6. The predicted octanol–water partition coefficient (Wildman–Crippen LogP) is 2.00. The molecule has 2 unspecified atom stereocenters. The molecule has 2 heterocycles. The van der Waals surface area contributed by atoms with Gasteiger partial charge in [-0.3, -0.25) is 4.79 Å². The minimum absolute atomic E-state index is 0.150. The molecular weight excluding hydrogens is 328 g/mol. The summed E-state index contributed by atoms with van der Waals surface area (Å²) in [5.41, 5.74) is 2.37. The lowest BCUT2D eigenvalue weighted by Crippen LogP contribution is -2.40. The molecule has 1 aromatic carbocycles. The van der Waals surface area contributed by atoms with Crippen LogP contribution in [0.1, 0.15) is 41.6 Å². The van der Waals surface area contributed by atoms with Gasteiger partial charge in [-0.15, -0.1) is 0 Å². The predicted molar refractivity (Wildman–Crippen MR) is 90.0 cm³/mol. The average molecular weight is 348 g/mol. The number of aryl methyl sites for hydroxylation is 1. The zero-order valence-corrected chi connectivity index (χ0v) is 14.1. The number of carbonyl (C=O) groups is 2. The Balaban J connectivity index is 1.48. The van der Waals surface area contributed by atoms with Crippen molar-refractivity contribution < 1.29 is 18.0 Å². The molecular formula is C17H20N2O4S. The van der Waals surface area contributed by atoms with Gasteiger partial charge in [-0.05, 0) is 49.4 Å². The Morgan fingerprint density at radius 2 is 1.92 bits per heavy atom. The highest BCUT2D eigenvalue weighted by Gasteiger charge is 2.44. The Hall–Kier alpha value is -1.89. The summed E-state index contributed by atoms with van der Waals surface area (Å²) in [6.45, 7) is 0.740. The number of fused-ring (bicyclic) bond motifs is 3. The number of sulfone groups is 1. The van der Waals surface area contributed by atoms with Crippen molar-refractivity contribution in [3.63, 3.8) is 0 Å². The summed E-state index contributed by atoms with van der Waals surface area (Å²) >= 11 is 0. The first-order valence-electron chi connectivity index (χ1n) is 8.40. The molecule has 7 heteroatoms. The number of ketones is 1. The van der Waals surface area contributed by atoms with Crippen molar-refractivity contribution in [2.45, 2.75) is 42.6 Å². The molecule has 1 aliphatic carbocycles. The summed E-state index contributed by atoms with van der Waals surface area (Å²) in [4.78, 5) is 25.8. The third kappa shape index (κ3) is 2.51. The van der Waals surface area contributed by atoms with Crippen LogP contribution in [0.2, 0.25) is 0 Å². The highest BCUT2D eigenvalue weighted by Crippen LogP contribution is 2.33. The van der Waals surface area contributed by atoms with Crippen LogP contribution in [0.15, 0.2) is 18.2 Å². The van der Waals surface area contributed by atoms with Gasteiger partial charge in [0.25, 0.3) is 0 Å². The number of hydrogen-bond donors (Lipinski definition) is 1. The highest BCUT2D eigenvalue weighted by atomic mass is 32.2. The molecule has 0 radical (unpaired) electrons. The van der Waals surface area contributed by atoms with Crippen molar-refractivity contribution in [3.05, 3.63) is 29.3 Å². The smallest absolute Gasteiger partial charge is 0.321 e. The second-order valence-electron chi connectivity index (χ2n) is 6.87. The number of urea groups is 1. The van der Waals surface area contributed by atoms with Gasteiger partial charge in [-0.25, -0.2) is 13.2 Å². The fraction of sp³-hybridized carbons (Fsp3) is 0.529. The van der Waals surface area contributed by atoms with Crippen LogP contribution in [0, 0.1) is 0 Å². The van der Waals surface area contributed by atoms with Crippen molar-refractivity contribution in [1.82, 2.24) is 4.90 Å². The fourth-order valence-electron chi connectivity index (χ4n) is 4.03. The normalized spacial score (nSPS) is 27.7. The second kappa shape index (κ2) is 5.58. The first-order valence-corrected chi connectivity index (χ1v) is 10.0. The van der Waals surface area contributed by atoms with Crippen molar-refractivity contribution >= 4 is 27.3 Å². The molecule has 0 aromatic heterocycles. The summed E-state index contributed by atoms with van der Waals surface area (Å²) < 4.78 is 24.6. The number of carbonyl (C=O) groups excluding carboxylic acids is 2. The summed E-state index contributed by atoms with van der Waals surface area (Å²) in [5.74, 6) is 0.150. The van der Waals surface area contributed by atoms with E-state index in [1.54, 1.807) is 17.0 Å². The summed E-state index contributed by atoms with van der Waals surface area (Å²) in [5, 5.41) is 2.14. The van der Waals surface area contributed by atoms with Crippen LogP contribution in [0.3, 0.4) is 0 Å². The second-order valence-corrected chi connectivity index (χ2v) is 9.38. The third-order valence-electron chi connectivity index (χ3n) is 5.45. The van der Waals surface area contributed by atoms with E-state index in [0.717, 1.165) is 17.5 Å². The van der Waals surface area contributed by atoms with Gasteiger partial charge >= 0.3 is 6.03 Å². The van der Waals surface area contributed by atoms with E-state index in [2.05, 4.69) is 5.32 Å². The van der Waals surface area contributed by atoms with E-state index in [1.807, 2.05) is 6.07 Å². The van der Waals surface area contributed by atoms with E-state index < -0.39 is 15.1 Å². The van der Waals surface area contributed by atoms with Gasteiger partial charge in [-0.2, -0.15) is 0 Å². The van der Waals surface area contributed by atoms with E-state index in [1.165, 1.54) is 0 Å². The molecule has 1 N–H and O–H groups in total. The summed E-state index contributed by atoms with van der Waals surface area (Å²) in [7, 11) is -3.08. The zero-order valence-electron chi connectivity index (χ0n) is 13.3. The minimum atomic E-state index is -3.08. The lowest BCUT2D eigenvalue weighted by atomic mass is 10.1. The molecule has 2 atom stereocenters. The minimum Gasteiger partial charge on any atom is -0.323 e. The Bertz CT molecular complexity index is 818. The molecule has 128 valence electrons. The number of likely N-dealkylation sites (tertiary alicyclic amines) is 1. The number of rotatable bonds is 1. The number of Topliss-reactive ketones (excluding diaryl/α,β-unsaturated/α-hetero) is 1. The van der Waals surface area contributed by atoms with E-state index in [-0.39, 0.29) is 23.6 Å².